The summed E-state index contributed by atoms with van der Waals surface area (Å²) in [5, 5.41) is 2.80. The molecule has 0 unspecified atom stereocenters. The maximum Gasteiger partial charge on any atom is 0.244 e. The molecule has 15 heavy (non-hydrogen) atoms. The summed E-state index contributed by atoms with van der Waals surface area (Å²) in [7, 11) is 0. The highest BCUT2D eigenvalue weighted by atomic mass is 127. The maximum absolute atomic E-state index is 11.5. The highest BCUT2D eigenvalue weighted by Gasteiger charge is 2.45. The monoisotopic (exact) mass is 338 g/mol. The van der Waals surface area contributed by atoms with Crippen LogP contribution in [0.2, 0.25) is 0 Å². The van der Waals surface area contributed by atoms with E-state index in [1.807, 2.05) is 24.3 Å². The van der Waals surface area contributed by atoms with E-state index in [4.69, 9.17) is 5.73 Å². The molecule has 0 spiro atoms. The van der Waals surface area contributed by atoms with Gasteiger partial charge in [0.25, 0.3) is 0 Å². The van der Waals surface area contributed by atoms with Crippen LogP contribution in [0.5, 0.6) is 0 Å². The average Bonchev–Trinajstić information content (AvgIpc) is 2.89. The second kappa shape index (κ2) is 4.67. The Balaban J connectivity index is 0.00000112. The lowest BCUT2D eigenvalue weighted by Gasteiger charge is -2.09. The molecule has 0 atom stereocenters. The van der Waals surface area contributed by atoms with E-state index in [1.165, 1.54) is 0 Å². The lowest BCUT2D eigenvalue weighted by Crippen LogP contribution is -2.37. The number of rotatable bonds is 2. The van der Waals surface area contributed by atoms with Crippen LogP contribution in [0.25, 0.3) is 0 Å². The number of carbonyl (C=O) groups is 1. The molecule has 1 amide bonds. The number of anilines is 1. The molecule has 0 aliphatic heterocycles. The summed E-state index contributed by atoms with van der Waals surface area (Å²) in [5.74, 6) is -0.0706. The van der Waals surface area contributed by atoms with Gasteiger partial charge in [-0.15, -0.1) is 12.4 Å². The van der Waals surface area contributed by atoms with Crippen LogP contribution in [-0.4, -0.2) is 11.4 Å². The minimum absolute atomic E-state index is 0. The van der Waals surface area contributed by atoms with Gasteiger partial charge >= 0.3 is 0 Å². The fourth-order valence-corrected chi connectivity index (χ4v) is 1.51. The topological polar surface area (TPSA) is 55.1 Å². The SMILES string of the molecule is Cl.NC1(C(=O)Nc2ccc(I)cc2)CC1. The van der Waals surface area contributed by atoms with Gasteiger partial charge in [-0.3, -0.25) is 4.79 Å². The molecule has 5 heteroatoms. The first-order valence-corrected chi connectivity index (χ1v) is 5.54. The second-order valence-electron chi connectivity index (χ2n) is 3.62. The molecule has 0 radical (unpaired) electrons. The molecule has 0 bridgehead atoms. The Morgan fingerprint density at radius 2 is 1.87 bits per heavy atom. The second-order valence-corrected chi connectivity index (χ2v) is 4.86. The largest absolute Gasteiger partial charge is 0.324 e. The summed E-state index contributed by atoms with van der Waals surface area (Å²) in [4.78, 5) is 11.5. The molecule has 2 rings (SSSR count). The van der Waals surface area contributed by atoms with E-state index in [9.17, 15) is 4.79 Å². The Kier molecular flexibility index (Phi) is 3.97. The zero-order chi connectivity index (χ0) is 10.2. The van der Waals surface area contributed by atoms with E-state index < -0.39 is 5.54 Å². The number of amides is 1. The zero-order valence-corrected chi connectivity index (χ0v) is 11.0. The number of halogens is 2. The van der Waals surface area contributed by atoms with Crippen LogP contribution in [-0.2, 0) is 4.79 Å². The summed E-state index contributed by atoms with van der Waals surface area (Å²) < 4.78 is 1.15. The highest BCUT2D eigenvalue weighted by molar-refractivity contribution is 14.1. The van der Waals surface area contributed by atoms with E-state index >= 15 is 0 Å². The lowest BCUT2D eigenvalue weighted by molar-refractivity contribution is -0.118. The van der Waals surface area contributed by atoms with Crippen LogP contribution in [0.4, 0.5) is 5.69 Å². The van der Waals surface area contributed by atoms with Crippen molar-refractivity contribution in [1.29, 1.82) is 0 Å². The van der Waals surface area contributed by atoms with Gasteiger partial charge in [0.05, 0.1) is 5.54 Å². The minimum Gasteiger partial charge on any atom is -0.324 e. The van der Waals surface area contributed by atoms with Crippen molar-refractivity contribution >= 4 is 46.6 Å². The molecular formula is C10H12ClIN2O. The number of nitrogens with one attached hydrogen (secondary N) is 1. The van der Waals surface area contributed by atoms with Crippen molar-refractivity contribution < 1.29 is 4.79 Å². The Labute approximate surface area is 108 Å². The number of carbonyl (C=O) groups excluding carboxylic acids is 1. The summed E-state index contributed by atoms with van der Waals surface area (Å²) in [5.41, 5.74) is 5.97. The van der Waals surface area contributed by atoms with Crippen molar-refractivity contribution in [2.24, 2.45) is 5.73 Å². The van der Waals surface area contributed by atoms with Gasteiger partial charge in [-0.1, -0.05) is 0 Å². The number of nitrogens with two attached hydrogens (primary N) is 1. The van der Waals surface area contributed by atoms with Crippen molar-refractivity contribution in [1.82, 2.24) is 0 Å². The van der Waals surface area contributed by atoms with Gasteiger partial charge in [-0.2, -0.15) is 0 Å². The third kappa shape index (κ3) is 3.06. The number of hydrogen-bond acceptors (Lipinski definition) is 2. The molecule has 1 saturated carbocycles. The predicted octanol–water partition coefficient (Wildman–Crippen LogP) is 2.14. The molecule has 1 aliphatic carbocycles. The zero-order valence-electron chi connectivity index (χ0n) is 8.00. The fourth-order valence-electron chi connectivity index (χ4n) is 1.15. The van der Waals surface area contributed by atoms with E-state index in [0.717, 1.165) is 22.1 Å². The third-order valence-electron chi connectivity index (χ3n) is 2.34. The Morgan fingerprint density at radius 1 is 1.33 bits per heavy atom. The van der Waals surface area contributed by atoms with Gasteiger partial charge in [0.2, 0.25) is 5.91 Å². The number of benzene rings is 1. The lowest BCUT2D eigenvalue weighted by atomic mass is 10.2. The summed E-state index contributed by atoms with van der Waals surface area (Å²) >= 11 is 2.22. The van der Waals surface area contributed by atoms with Crippen molar-refractivity contribution in [2.45, 2.75) is 18.4 Å². The third-order valence-corrected chi connectivity index (χ3v) is 3.06. The Morgan fingerprint density at radius 3 is 2.33 bits per heavy atom. The summed E-state index contributed by atoms with van der Waals surface area (Å²) in [6.45, 7) is 0. The van der Waals surface area contributed by atoms with Gasteiger partial charge in [0, 0.05) is 9.26 Å². The molecule has 1 aromatic carbocycles. The smallest absolute Gasteiger partial charge is 0.244 e. The summed E-state index contributed by atoms with van der Waals surface area (Å²) in [6, 6.07) is 7.66. The molecule has 1 aliphatic rings. The van der Waals surface area contributed by atoms with Crippen LogP contribution < -0.4 is 11.1 Å². The van der Waals surface area contributed by atoms with Crippen LogP contribution in [0.3, 0.4) is 0 Å². The van der Waals surface area contributed by atoms with Crippen LogP contribution in [0.1, 0.15) is 12.8 Å². The van der Waals surface area contributed by atoms with Gasteiger partial charge in [-0.25, -0.2) is 0 Å². The molecule has 0 aromatic heterocycles. The highest BCUT2D eigenvalue weighted by Crippen LogP contribution is 2.33. The van der Waals surface area contributed by atoms with Gasteiger partial charge in [0.1, 0.15) is 0 Å². The van der Waals surface area contributed by atoms with E-state index in [1.54, 1.807) is 0 Å². The van der Waals surface area contributed by atoms with E-state index in [-0.39, 0.29) is 18.3 Å². The van der Waals surface area contributed by atoms with Gasteiger partial charge in [0.15, 0.2) is 0 Å². The Hall–Kier alpha value is -0.330. The van der Waals surface area contributed by atoms with Crippen LogP contribution in [0, 0.1) is 3.57 Å². The first-order chi connectivity index (χ1) is 6.60. The average molecular weight is 339 g/mol. The molecular weight excluding hydrogens is 326 g/mol. The standard InChI is InChI=1S/C10H11IN2O.ClH/c11-7-1-3-8(4-2-7)13-9(14)10(12)5-6-10;/h1-4H,5-6,12H2,(H,13,14);1H. The minimum atomic E-state index is -0.594. The normalized spacial score (nSPS) is 16.4. The molecule has 82 valence electrons. The number of hydrogen-bond donors (Lipinski definition) is 2. The van der Waals surface area contributed by atoms with Crippen molar-refractivity contribution in [2.75, 3.05) is 5.32 Å². The van der Waals surface area contributed by atoms with Crippen molar-refractivity contribution in [3.05, 3.63) is 27.8 Å². The van der Waals surface area contributed by atoms with Crippen LogP contribution >= 0.6 is 35.0 Å². The van der Waals surface area contributed by atoms with Crippen molar-refractivity contribution in [3.63, 3.8) is 0 Å². The first kappa shape index (κ1) is 12.7. The van der Waals surface area contributed by atoms with Gasteiger partial charge < -0.3 is 11.1 Å². The van der Waals surface area contributed by atoms with Gasteiger partial charge in [-0.05, 0) is 59.7 Å². The molecule has 1 fully saturated rings. The summed E-state index contributed by atoms with van der Waals surface area (Å²) in [6.07, 6.45) is 1.59. The first-order valence-electron chi connectivity index (χ1n) is 4.46. The maximum atomic E-state index is 11.5. The molecule has 1 aromatic rings. The molecule has 3 nitrogen and oxygen atoms in total. The molecule has 3 N–H and O–H groups in total. The van der Waals surface area contributed by atoms with E-state index in [2.05, 4.69) is 27.9 Å². The van der Waals surface area contributed by atoms with Crippen LogP contribution in [0.15, 0.2) is 24.3 Å². The quantitative estimate of drug-likeness (QED) is 0.812. The fraction of sp³-hybridized carbons (Fsp3) is 0.300. The molecule has 0 heterocycles. The Bertz CT molecular complexity index is 362. The van der Waals surface area contributed by atoms with E-state index in [0.29, 0.717) is 0 Å². The molecule has 0 saturated heterocycles. The predicted molar refractivity (Wildman–Crippen MR) is 71.2 cm³/mol. The van der Waals surface area contributed by atoms with Crippen molar-refractivity contribution in [3.8, 4) is 0 Å².